The summed E-state index contributed by atoms with van der Waals surface area (Å²) in [5.74, 6) is 2.34. The number of nitrogens with zero attached hydrogens (tertiary/aromatic N) is 4. The first-order valence-electron chi connectivity index (χ1n) is 8.06. The Morgan fingerprint density at radius 2 is 2.00 bits per heavy atom. The number of terminal acetylenes is 1. The van der Waals surface area contributed by atoms with Gasteiger partial charge < -0.3 is 5.73 Å². The zero-order chi connectivity index (χ0) is 19.0. The summed E-state index contributed by atoms with van der Waals surface area (Å²) in [4.78, 5) is 16.7. The molecule has 5 nitrogen and oxygen atoms in total. The van der Waals surface area contributed by atoms with E-state index < -0.39 is 11.4 Å². The quantitative estimate of drug-likeness (QED) is 0.696. The second-order valence-electron chi connectivity index (χ2n) is 6.15. The molecule has 0 amide bonds. The van der Waals surface area contributed by atoms with E-state index in [1.807, 2.05) is 0 Å². The van der Waals surface area contributed by atoms with Crippen LogP contribution in [0.15, 0.2) is 54.2 Å². The van der Waals surface area contributed by atoms with Gasteiger partial charge in [-0.05, 0) is 23.8 Å². The van der Waals surface area contributed by atoms with Gasteiger partial charge in [-0.15, -0.1) is 6.42 Å². The highest BCUT2D eigenvalue weighted by Crippen LogP contribution is 2.37. The predicted molar refractivity (Wildman–Crippen MR) is 102 cm³/mol. The minimum Gasteiger partial charge on any atom is -0.383 e. The van der Waals surface area contributed by atoms with Crippen molar-refractivity contribution in [1.29, 1.82) is 0 Å². The van der Waals surface area contributed by atoms with Gasteiger partial charge in [-0.2, -0.15) is 0 Å². The third-order valence-electron chi connectivity index (χ3n) is 4.49. The van der Waals surface area contributed by atoms with Gasteiger partial charge in [-0.25, -0.2) is 19.4 Å². The van der Waals surface area contributed by atoms with Crippen molar-refractivity contribution in [3.05, 3.63) is 76.8 Å². The second-order valence-corrected chi connectivity index (χ2v) is 6.58. The topological polar surface area (TPSA) is 77.0 Å². The molecule has 3 heterocycles. The number of fused-ring (bicyclic) bond motifs is 1. The van der Waals surface area contributed by atoms with Crippen LogP contribution in [0.4, 0.5) is 4.39 Å². The number of aliphatic imine (C=N–C) groups is 1. The molecule has 27 heavy (non-hydrogen) atoms. The second kappa shape index (κ2) is 6.45. The zero-order valence-corrected chi connectivity index (χ0v) is 14.8. The van der Waals surface area contributed by atoms with Gasteiger partial charge in [0.25, 0.3) is 0 Å². The Morgan fingerprint density at radius 1 is 1.15 bits per heavy atom. The molecule has 0 saturated carbocycles. The number of nitrogens with two attached hydrogens (primary N) is 1. The minimum absolute atomic E-state index is 0.184. The molecule has 0 fully saturated rings. The molecule has 0 unspecified atom stereocenters. The lowest BCUT2D eigenvalue weighted by Gasteiger charge is -2.30. The average molecular weight is 378 g/mol. The number of pyridine rings is 1. The summed E-state index contributed by atoms with van der Waals surface area (Å²) in [6.45, 7) is 0. The van der Waals surface area contributed by atoms with Crippen LogP contribution in [0.3, 0.4) is 0 Å². The fourth-order valence-corrected chi connectivity index (χ4v) is 3.34. The number of hydrogen-bond donors (Lipinski definition) is 1. The van der Waals surface area contributed by atoms with E-state index >= 15 is 0 Å². The molecule has 1 aliphatic heterocycles. The predicted octanol–water partition coefficient (Wildman–Crippen LogP) is 3.12. The lowest BCUT2D eigenvalue weighted by molar-refractivity contribution is 0.512. The van der Waals surface area contributed by atoms with Gasteiger partial charge in [0.15, 0.2) is 5.54 Å². The number of halogens is 2. The molecule has 0 saturated heterocycles. The van der Waals surface area contributed by atoms with Gasteiger partial charge in [0, 0.05) is 36.1 Å². The first kappa shape index (κ1) is 17.1. The van der Waals surface area contributed by atoms with E-state index in [1.54, 1.807) is 30.6 Å². The van der Waals surface area contributed by atoms with E-state index in [0.717, 1.165) is 11.1 Å². The van der Waals surface area contributed by atoms with E-state index in [9.17, 15) is 4.39 Å². The number of hydrogen-bond acceptors (Lipinski definition) is 5. The van der Waals surface area contributed by atoms with Crippen LogP contribution in [0.25, 0.3) is 11.1 Å². The monoisotopic (exact) mass is 377 g/mol. The standard InChI is InChI=1S/C20H13ClFN5/c1-2-20(7-18-15(19(23)27-20)10-25-11-26-18)16-6-12(3-4-17(16)22)13-5-14(21)9-24-8-13/h1,3-6,8-11H,7H2,(H2,23,27)/t20-/m0/s1. The summed E-state index contributed by atoms with van der Waals surface area (Å²) in [7, 11) is 0. The molecule has 7 heteroatoms. The van der Waals surface area contributed by atoms with Crippen LogP contribution in [0.5, 0.6) is 0 Å². The first-order valence-corrected chi connectivity index (χ1v) is 8.43. The molecule has 0 radical (unpaired) electrons. The maximum absolute atomic E-state index is 14.8. The van der Waals surface area contributed by atoms with Crippen molar-refractivity contribution in [2.45, 2.75) is 12.0 Å². The van der Waals surface area contributed by atoms with Crippen LogP contribution in [-0.4, -0.2) is 20.8 Å². The van der Waals surface area contributed by atoms with E-state index in [2.05, 4.69) is 25.9 Å². The molecule has 1 aliphatic rings. The summed E-state index contributed by atoms with van der Waals surface area (Å²) in [6, 6.07) is 6.40. The highest BCUT2D eigenvalue weighted by Gasteiger charge is 2.38. The van der Waals surface area contributed by atoms with Gasteiger partial charge in [0.05, 0.1) is 16.3 Å². The van der Waals surface area contributed by atoms with Crippen molar-refractivity contribution in [3.8, 4) is 23.5 Å². The van der Waals surface area contributed by atoms with Crippen molar-refractivity contribution >= 4 is 17.4 Å². The SMILES string of the molecule is C#C[C@@]1(c2cc(-c3cncc(Cl)c3)ccc2F)Cc2ncncc2C(N)=N1. The van der Waals surface area contributed by atoms with Gasteiger partial charge in [0.2, 0.25) is 0 Å². The Kier molecular flexibility index (Phi) is 4.09. The van der Waals surface area contributed by atoms with Crippen molar-refractivity contribution in [1.82, 2.24) is 15.0 Å². The smallest absolute Gasteiger partial charge is 0.156 e. The maximum atomic E-state index is 14.8. The third kappa shape index (κ3) is 2.92. The van der Waals surface area contributed by atoms with Crippen LogP contribution in [-0.2, 0) is 12.0 Å². The molecule has 0 spiro atoms. The molecule has 0 bridgehead atoms. The molecule has 0 aliphatic carbocycles. The molecule has 2 N–H and O–H groups in total. The minimum atomic E-state index is -1.29. The Hall–Kier alpha value is -3.30. The van der Waals surface area contributed by atoms with Gasteiger partial charge in [-0.3, -0.25) is 4.98 Å². The molecular weight excluding hydrogens is 365 g/mol. The van der Waals surface area contributed by atoms with Crippen molar-refractivity contribution in [2.24, 2.45) is 10.7 Å². The maximum Gasteiger partial charge on any atom is 0.156 e. The number of rotatable bonds is 2. The van der Waals surface area contributed by atoms with Crippen LogP contribution in [0.2, 0.25) is 5.02 Å². The Labute approximate surface area is 160 Å². The summed E-state index contributed by atoms with van der Waals surface area (Å²) < 4.78 is 14.8. The number of amidine groups is 1. The number of aromatic nitrogens is 3. The first-order chi connectivity index (χ1) is 13.0. The Morgan fingerprint density at radius 3 is 2.78 bits per heavy atom. The molecule has 2 aromatic heterocycles. The fourth-order valence-electron chi connectivity index (χ4n) is 3.17. The summed E-state index contributed by atoms with van der Waals surface area (Å²) >= 11 is 6.02. The van der Waals surface area contributed by atoms with Crippen molar-refractivity contribution in [2.75, 3.05) is 0 Å². The largest absolute Gasteiger partial charge is 0.383 e. The summed E-state index contributed by atoms with van der Waals surface area (Å²) in [5.41, 5.74) is 7.73. The van der Waals surface area contributed by atoms with E-state index in [4.69, 9.17) is 23.8 Å². The van der Waals surface area contributed by atoms with Gasteiger partial charge >= 0.3 is 0 Å². The lowest BCUT2D eigenvalue weighted by atomic mass is 9.82. The normalized spacial score (nSPS) is 18.3. The Bertz CT molecular complexity index is 1120. The van der Waals surface area contributed by atoms with Crippen LogP contribution in [0, 0.1) is 18.2 Å². The Balaban J connectivity index is 1.89. The molecule has 1 aromatic carbocycles. The highest BCUT2D eigenvalue weighted by atomic mass is 35.5. The highest BCUT2D eigenvalue weighted by molar-refractivity contribution is 6.30. The van der Waals surface area contributed by atoms with Crippen LogP contribution in [0.1, 0.15) is 16.8 Å². The molecule has 132 valence electrons. The molecule has 3 aromatic rings. The van der Waals surface area contributed by atoms with Crippen molar-refractivity contribution < 1.29 is 4.39 Å². The fraction of sp³-hybridized carbons (Fsp3) is 0.100. The summed E-state index contributed by atoms with van der Waals surface area (Å²) in [6.07, 6.45) is 12.2. The van der Waals surface area contributed by atoms with Crippen molar-refractivity contribution in [3.63, 3.8) is 0 Å². The summed E-state index contributed by atoms with van der Waals surface area (Å²) in [5, 5.41) is 0.482. The molecular formula is C20H13ClFN5. The lowest BCUT2D eigenvalue weighted by Crippen LogP contribution is -2.36. The van der Waals surface area contributed by atoms with E-state index in [1.165, 1.54) is 18.6 Å². The number of benzene rings is 1. The van der Waals surface area contributed by atoms with Gasteiger partial charge in [0.1, 0.15) is 18.0 Å². The third-order valence-corrected chi connectivity index (χ3v) is 4.70. The van der Waals surface area contributed by atoms with Gasteiger partial charge in [-0.1, -0.05) is 23.6 Å². The van der Waals surface area contributed by atoms with Crippen LogP contribution < -0.4 is 5.73 Å². The molecule has 1 atom stereocenters. The zero-order valence-electron chi connectivity index (χ0n) is 14.0. The van der Waals surface area contributed by atoms with E-state index in [0.29, 0.717) is 16.3 Å². The van der Waals surface area contributed by atoms with Crippen LogP contribution >= 0.6 is 11.6 Å². The molecule has 4 rings (SSSR count). The average Bonchev–Trinajstić information content (AvgIpc) is 2.68. The van der Waals surface area contributed by atoms with E-state index in [-0.39, 0.29) is 17.8 Å².